The second-order valence-electron chi connectivity index (χ2n) is 4.44. The van der Waals surface area contributed by atoms with Gasteiger partial charge in [0.25, 0.3) is 0 Å². The van der Waals surface area contributed by atoms with E-state index in [1.54, 1.807) is 0 Å². The molecule has 0 aromatic heterocycles. The van der Waals surface area contributed by atoms with Gasteiger partial charge in [-0.2, -0.15) is 0 Å². The first-order chi connectivity index (χ1) is 8.97. The summed E-state index contributed by atoms with van der Waals surface area (Å²) < 4.78 is 40.0. The Morgan fingerprint density at radius 1 is 1.05 bits per heavy atom. The van der Waals surface area contributed by atoms with Crippen molar-refractivity contribution in [3.8, 4) is 0 Å². The fraction of sp³-hybridized carbons (Fsp3) is 0.200. The zero-order chi connectivity index (χ0) is 14.0. The molecule has 0 aliphatic rings. The summed E-state index contributed by atoms with van der Waals surface area (Å²) in [7, 11) is 0. The third-order valence-electron chi connectivity index (χ3n) is 2.85. The molecule has 19 heavy (non-hydrogen) atoms. The van der Waals surface area contributed by atoms with E-state index in [2.05, 4.69) is 0 Å². The van der Waals surface area contributed by atoms with Gasteiger partial charge in [-0.05, 0) is 18.9 Å². The molecule has 0 aliphatic heterocycles. The van der Waals surface area contributed by atoms with Gasteiger partial charge in [0, 0.05) is 17.7 Å². The molecule has 4 heteroatoms. The Bertz CT molecular complexity index is 573. The van der Waals surface area contributed by atoms with Gasteiger partial charge < -0.3 is 0 Å². The van der Waals surface area contributed by atoms with Gasteiger partial charge in [-0.3, -0.25) is 0 Å². The van der Waals surface area contributed by atoms with Crippen molar-refractivity contribution in [3.05, 3.63) is 70.5 Å². The number of benzene rings is 2. The third-order valence-corrected chi connectivity index (χ3v) is 3.23. The summed E-state index contributed by atoms with van der Waals surface area (Å²) in [6.07, 6.45) is 0.280. The Kier molecular flexibility index (Phi) is 4.15. The highest BCUT2D eigenvalue weighted by Crippen LogP contribution is 2.30. The van der Waals surface area contributed by atoms with Crippen LogP contribution in [0.2, 0.25) is 0 Å². The summed E-state index contributed by atoms with van der Waals surface area (Å²) >= 11 is 6.05. The number of hydrogen-bond acceptors (Lipinski definition) is 0. The molecule has 0 spiro atoms. The Morgan fingerprint density at radius 3 is 2.26 bits per heavy atom. The van der Waals surface area contributed by atoms with Crippen LogP contribution in [0.4, 0.5) is 13.2 Å². The standard InChI is InChI=1S/C15H12ClF3/c1-9-3-2-4-10(5-9)6-12(16)15-13(18)7-11(17)8-14(15)19/h2-5,7-8,12H,6H2,1H3. The molecule has 0 fully saturated rings. The lowest BCUT2D eigenvalue weighted by Gasteiger charge is -2.12. The minimum absolute atomic E-state index is 0.280. The van der Waals surface area contributed by atoms with Crippen LogP contribution in [-0.2, 0) is 6.42 Å². The zero-order valence-corrected chi connectivity index (χ0v) is 11.0. The molecule has 2 rings (SSSR count). The lowest BCUT2D eigenvalue weighted by atomic mass is 10.0. The first kappa shape index (κ1) is 13.9. The third kappa shape index (κ3) is 3.29. The van der Waals surface area contributed by atoms with E-state index in [9.17, 15) is 13.2 Å². The van der Waals surface area contributed by atoms with Gasteiger partial charge >= 0.3 is 0 Å². The van der Waals surface area contributed by atoms with Crippen LogP contribution < -0.4 is 0 Å². The largest absolute Gasteiger partial charge is 0.207 e. The molecule has 1 atom stereocenters. The molecule has 0 amide bonds. The first-order valence-electron chi connectivity index (χ1n) is 5.81. The van der Waals surface area contributed by atoms with E-state index in [0.29, 0.717) is 12.1 Å². The molecule has 0 nitrogen and oxygen atoms in total. The second kappa shape index (κ2) is 5.66. The molecule has 0 N–H and O–H groups in total. The van der Waals surface area contributed by atoms with E-state index in [-0.39, 0.29) is 12.0 Å². The number of halogens is 4. The molecule has 2 aromatic rings. The van der Waals surface area contributed by atoms with Crippen molar-refractivity contribution < 1.29 is 13.2 Å². The number of aryl methyl sites for hydroxylation is 1. The maximum absolute atomic E-state index is 13.6. The van der Waals surface area contributed by atoms with E-state index in [4.69, 9.17) is 11.6 Å². The molecule has 0 aliphatic carbocycles. The van der Waals surface area contributed by atoms with Crippen LogP contribution in [0.25, 0.3) is 0 Å². The number of rotatable bonds is 3. The van der Waals surface area contributed by atoms with Crippen molar-refractivity contribution in [1.82, 2.24) is 0 Å². The van der Waals surface area contributed by atoms with Gasteiger partial charge in [-0.15, -0.1) is 11.6 Å². The van der Waals surface area contributed by atoms with Crippen molar-refractivity contribution in [3.63, 3.8) is 0 Å². The summed E-state index contributed by atoms with van der Waals surface area (Å²) in [5.41, 5.74) is 1.63. The normalized spacial score (nSPS) is 12.5. The van der Waals surface area contributed by atoms with Crippen LogP contribution in [0.5, 0.6) is 0 Å². The molecule has 1 unspecified atom stereocenters. The van der Waals surface area contributed by atoms with Crippen molar-refractivity contribution >= 4 is 11.6 Å². The minimum Gasteiger partial charge on any atom is -0.207 e. The van der Waals surface area contributed by atoms with Gasteiger partial charge in [0.15, 0.2) is 0 Å². The lowest BCUT2D eigenvalue weighted by molar-refractivity contribution is 0.520. The van der Waals surface area contributed by atoms with Crippen molar-refractivity contribution in [2.24, 2.45) is 0 Å². The average Bonchev–Trinajstić information content (AvgIpc) is 2.27. The fourth-order valence-electron chi connectivity index (χ4n) is 2.00. The molecule has 0 radical (unpaired) electrons. The highest BCUT2D eigenvalue weighted by atomic mass is 35.5. The number of alkyl halides is 1. The van der Waals surface area contributed by atoms with Gasteiger partial charge in [0.2, 0.25) is 0 Å². The lowest BCUT2D eigenvalue weighted by Crippen LogP contribution is -2.03. The van der Waals surface area contributed by atoms with Gasteiger partial charge in [-0.1, -0.05) is 29.8 Å². The smallest absolute Gasteiger partial charge is 0.133 e. The van der Waals surface area contributed by atoms with E-state index >= 15 is 0 Å². The van der Waals surface area contributed by atoms with Crippen molar-refractivity contribution in [1.29, 1.82) is 0 Å². The van der Waals surface area contributed by atoms with E-state index in [1.165, 1.54) is 0 Å². The van der Waals surface area contributed by atoms with Crippen molar-refractivity contribution in [2.75, 3.05) is 0 Å². The van der Waals surface area contributed by atoms with Gasteiger partial charge in [0.1, 0.15) is 17.5 Å². The quantitative estimate of drug-likeness (QED) is 0.701. The Balaban J connectivity index is 2.28. The van der Waals surface area contributed by atoms with Crippen LogP contribution in [0.15, 0.2) is 36.4 Å². The van der Waals surface area contributed by atoms with E-state index in [0.717, 1.165) is 11.1 Å². The summed E-state index contributed by atoms with van der Waals surface area (Å²) in [5, 5.41) is -0.873. The fourth-order valence-corrected chi connectivity index (χ4v) is 2.39. The molecule has 0 saturated carbocycles. The van der Waals surface area contributed by atoms with Crippen LogP contribution in [0, 0.1) is 24.4 Å². The van der Waals surface area contributed by atoms with E-state index < -0.39 is 22.8 Å². The molecular weight excluding hydrogens is 273 g/mol. The second-order valence-corrected chi connectivity index (χ2v) is 4.97. The molecule has 0 saturated heterocycles. The van der Waals surface area contributed by atoms with E-state index in [1.807, 2.05) is 31.2 Å². The number of hydrogen-bond donors (Lipinski definition) is 0. The average molecular weight is 285 g/mol. The maximum atomic E-state index is 13.6. The molecule has 0 heterocycles. The highest BCUT2D eigenvalue weighted by Gasteiger charge is 2.20. The van der Waals surface area contributed by atoms with Gasteiger partial charge in [0.05, 0.1) is 5.38 Å². The van der Waals surface area contributed by atoms with Crippen LogP contribution in [0.1, 0.15) is 22.1 Å². The zero-order valence-electron chi connectivity index (χ0n) is 10.3. The Labute approximate surface area is 114 Å². The predicted octanol–water partition coefficient (Wildman–Crippen LogP) is 4.93. The minimum atomic E-state index is -0.954. The Morgan fingerprint density at radius 2 is 1.68 bits per heavy atom. The van der Waals surface area contributed by atoms with Crippen LogP contribution in [-0.4, -0.2) is 0 Å². The molecular formula is C15H12ClF3. The van der Waals surface area contributed by atoms with Crippen LogP contribution >= 0.6 is 11.6 Å². The molecule has 0 bridgehead atoms. The Hall–Kier alpha value is -1.48. The summed E-state index contributed by atoms with van der Waals surface area (Å²) in [6, 6.07) is 8.79. The van der Waals surface area contributed by atoms with Gasteiger partial charge in [-0.25, -0.2) is 13.2 Å². The SMILES string of the molecule is Cc1cccc(CC(Cl)c2c(F)cc(F)cc2F)c1. The van der Waals surface area contributed by atoms with Crippen LogP contribution in [0.3, 0.4) is 0 Å². The van der Waals surface area contributed by atoms with Crippen molar-refractivity contribution in [2.45, 2.75) is 18.7 Å². The molecule has 2 aromatic carbocycles. The first-order valence-corrected chi connectivity index (χ1v) is 6.25. The molecule has 100 valence electrons. The monoisotopic (exact) mass is 284 g/mol. The summed E-state index contributed by atoms with van der Waals surface area (Å²) in [4.78, 5) is 0. The highest BCUT2D eigenvalue weighted by molar-refractivity contribution is 6.21. The topological polar surface area (TPSA) is 0 Å². The summed E-state index contributed by atoms with van der Waals surface area (Å²) in [6.45, 7) is 1.92. The predicted molar refractivity (Wildman–Crippen MR) is 69.8 cm³/mol. The summed E-state index contributed by atoms with van der Waals surface area (Å²) in [5.74, 6) is -2.85. The maximum Gasteiger partial charge on any atom is 0.133 e.